The van der Waals surface area contributed by atoms with E-state index in [2.05, 4.69) is 5.32 Å². The number of nitrogens with one attached hydrogen (secondary N) is 1. The molecule has 0 radical (unpaired) electrons. The van der Waals surface area contributed by atoms with Crippen molar-refractivity contribution in [1.82, 2.24) is 5.32 Å². The van der Waals surface area contributed by atoms with E-state index in [4.69, 9.17) is 9.15 Å². The van der Waals surface area contributed by atoms with Gasteiger partial charge in [-0.15, -0.1) is 11.3 Å². The summed E-state index contributed by atoms with van der Waals surface area (Å²) in [5.41, 5.74) is 0. The summed E-state index contributed by atoms with van der Waals surface area (Å²) in [5, 5.41) is 14.9. The predicted octanol–water partition coefficient (Wildman–Crippen LogP) is 2.12. The third-order valence-electron chi connectivity index (χ3n) is 2.56. The number of nitro groups is 1. The highest BCUT2D eigenvalue weighted by molar-refractivity contribution is 7.09. The van der Waals surface area contributed by atoms with E-state index >= 15 is 0 Å². The molecule has 0 saturated heterocycles. The molecule has 0 atom stereocenters. The van der Waals surface area contributed by atoms with Crippen LogP contribution in [0, 0.1) is 10.1 Å². The van der Waals surface area contributed by atoms with Crippen LogP contribution in [0.4, 0.5) is 5.88 Å². The highest BCUT2D eigenvalue weighted by Crippen LogP contribution is 2.16. The van der Waals surface area contributed by atoms with E-state index in [0.29, 0.717) is 6.54 Å². The summed E-state index contributed by atoms with van der Waals surface area (Å²) in [7, 11) is 0. The van der Waals surface area contributed by atoms with Crippen molar-refractivity contribution >= 4 is 35.2 Å². The topological polar surface area (TPSA) is 112 Å². The van der Waals surface area contributed by atoms with Crippen LogP contribution in [0.5, 0.6) is 0 Å². The molecular formula is C14H12N2O6S. The second-order valence-electron chi connectivity index (χ2n) is 4.23. The normalized spacial score (nSPS) is 10.6. The van der Waals surface area contributed by atoms with Crippen molar-refractivity contribution in [3.05, 3.63) is 56.5 Å². The van der Waals surface area contributed by atoms with Crippen molar-refractivity contribution in [2.75, 3.05) is 6.61 Å². The first-order valence-corrected chi connectivity index (χ1v) is 7.30. The highest BCUT2D eigenvalue weighted by Gasteiger charge is 2.10. The zero-order valence-electron chi connectivity index (χ0n) is 11.8. The van der Waals surface area contributed by atoms with Crippen LogP contribution in [0.1, 0.15) is 10.6 Å². The summed E-state index contributed by atoms with van der Waals surface area (Å²) in [6.45, 7) is -0.0349. The summed E-state index contributed by atoms with van der Waals surface area (Å²) in [6, 6.07) is 6.26. The lowest BCUT2D eigenvalue weighted by Gasteiger charge is -2.03. The van der Waals surface area contributed by atoms with Crippen LogP contribution >= 0.6 is 11.3 Å². The minimum absolute atomic E-state index is 0.135. The van der Waals surface area contributed by atoms with Crippen LogP contribution < -0.4 is 5.32 Å². The average molecular weight is 336 g/mol. The molecule has 2 aromatic rings. The molecule has 1 N–H and O–H groups in total. The van der Waals surface area contributed by atoms with Crippen molar-refractivity contribution in [2.45, 2.75) is 6.54 Å². The molecule has 9 heteroatoms. The Bertz CT molecular complexity index is 719. The maximum absolute atomic E-state index is 11.5. The summed E-state index contributed by atoms with van der Waals surface area (Å²) >= 11 is 1.51. The minimum atomic E-state index is -0.754. The summed E-state index contributed by atoms with van der Waals surface area (Å²) in [4.78, 5) is 33.7. The SMILES string of the molecule is O=C(COC(=O)/C=C/c1ccc([N+](=O)[O-])o1)NCc1cccs1. The molecule has 1 amide bonds. The first-order valence-electron chi connectivity index (χ1n) is 6.43. The van der Waals surface area contributed by atoms with Gasteiger partial charge in [-0.1, -0.05) is 6.07 Å². The fraction of sp³-hybridized carbons (Fsp3) is 0.143. The van der Waals surface area contributed by atoms with Crippen LogP contribution in [-0.2, 0) is 20.9 Å². The fourth-order valence-electron chi connectivity index (χ4n) is 1.51. The van der Waals surface area contributed by atoms with E-state index in [0.717, 1.165) is 11.0 Å². The lowest BCUT2D eigenvalue weighted by atomic mass is 10.4. The van der Waals surface area contributed by atoms with E-state index in [1.165, 1.54) is 29.5 Å². The molecule has 0 fully saturated rings. The summed E-state index contributed by atoms with van der Waals surface area (Å²) in [5.74, 6) is -1.47. The maximum atomic E-state index is 11.5. The molecule has 8 nitrogen and oxygen atoms in total. The molecule has 0 saturated carbocycles. The number of rotatable bonds is 7. The van der Waals surface area contributed by atoms with E-state index in [9.17, 15) is 19.7 Å². The second kappa shape index (κ2) is 7.90. The molecule has 2 aromatic heterocycles. The third kappa shape index (κ3) is 5.40. The Morgan fingerprint density at radius 1 is 1.39 bits per heavy atom. The van der Waals surface area contributed by atoms with Crippen LogP contribution in [0.3, 0.4) is 0 Å². The lowest BCUT2D eigenvalue weighted by Crippen LogP contribution is -2.27. The molecule has 120 valence electrons. The molecule has 0 aromatic carbocycles. The molecule has 23 heavy (non-hydrogen) atoms. The van der Waals surface area contributed by atoms with Crippen molar-refractivity contribution in [3.63, 3.8) is 0 Å². The molecule has 2 heterocycles. The van der Waals surface area contributed by atoms with Crippen molar-refractivity contribution in [2.24, 2.45) is 0 Å². The Hall–Kier alpha value is -2.94. The van der Waals surface area contributed by atoms with Gasteiger partial charge in [0.25, 0.3) is 5.91 Å². The highest BCUT2D eigenvalue weighted by atomic mass is 32.1. The molecule has 0 spiro atoms. The number of hydrogen-bond donors (Lipinski definition) is 1. The van der Waals surface area contributed by atoms with E-state index in [-0.39, 0.29) is 5.76 Å². The van der Waals surface area contributed by atoms with Gasteiger partial charge in [-0.25, -0.2) is 4.79 Å². The maximum Gasteiger partial charge on any atom is 0.433 e. The molecule has 2 rings (SSSR count). The van der Waals surface area contributed by atoms with Crippen molar-refractivity contribution in [3.8, 4) is 0 Å². The van der Waals surface area contributed by atoms with Gasteiger partial charge in [0, 0.05) is 11.0 Å². The van der Waals surface area contributed by atoms with Gasteiger partial charge in [0.2, 0.25) is 0 Å². The summed E-state index contributed by atoms with van der Waals surface area (Å²) < 4.78 is 9.57. The van der Waals surface area contributed by atoms with Crippen LogP contribution in [0.25, 0.3) is 6.08 Å². The number of carbonyl (C=O) groups is 2. The van der Waals surface area contributed by atoms with Gasteiger partial charge in [0.05, 0.1) is 12.6 Å². The molecule has 0 aliphatic carbocycles. The standard InChI is InChI=1S/C14H12N2O6S/c17-12(15-8-11-2-1-7-23-11)9-21-14(18)6-4-10-3-5-13(22-10)16(19)20/h1-7H,8-9H2,(H,15,17)/b6-4+. The van der Waals surface area contributed by atoms with Gasteiger partial charge < -0.3 is 14.5 Å². The Morgan fingerprint density at radius 2 is 2.22 bits per heavy atom. The molecule has 0 aliphatic heterocycles. The van der Waals surface area contributed by atoms with Gasteiger partial charge in [-0.05, 0) is 23.6 Å². The predicted molar refractivity (Wildman–Crippen MR) is 81.5 cm³/mol. The van der Waals surface area contributed by atoms with E-state index < -0.39 is 29.3 Å². The van der Waals surface area contributed by atoms with Gasteiger partial charge in [-0.2, -0.15) is 0 Å². The lowest BCUT2D eigenvalue weighted by molar-refractivity contribution is -0.402. The van der Waals surface area contributed by atoms with Gasteiger partial charge in [0.15, 0.2) is 6.61 Å². The van der Waals surface area contributed by atoms with E-state index in [1.54, 1.807) is 0 Å². The van der Waals surface area contributed by atoms with Crippen molar-refractivity contribution < 1.29 is 23.7 Å². The molecule has 0 unspecified atom stereocenters. The average Bonchev–Trinajstić information content (AvgIpc) is 3.19. The Labute approximate surface area is 134 Å². The minimum Gasteiger partial charge on any atom is -0.452 e. The third-order valence-corrected chi connectivity index (χ3v) is 3.44. The number of amides is 1. The fourth-order valence-corrected chi connectivity index (χ4v) is 2.16. The number of carbonyl (C=O) groups excluding carboxylic acids is 2. The Balaban J connectivity index is 1.72. The Kier molecular flexibility index (Phi) is 5.64. The number of thiophene rings is 1. The number of esters is 1. The largest absolute Gasteiger partial charge is 0.452 e. The summed E-state index contributed by atoms with van der Waals surface area (Å²) in [6.07, 6.45) is 2.24. The van der Waals surface area contributed by atoms with Crippen LogP contribution in [0.2, 0.25) is 0 Å². The van der Waals surface area contributed by atoms with Gasteiger partial charge in [-0.3, -0.25) is 14.9 Å². The zero-order valence-corrected chi connectivity index (χ0v) is 12.6. The number of furan rings is 1. The van der Waals surface area contributed by atoms with Crippen LogP contribution in [-0.4, -0.2) is 23.4 Å². The molecular weight excluding hydrogens is 324 g/mol. The number of hydrogen-bond acceptors (Lipinski definition) is 7. The molecule has 0 bridgehead atoms. The van der Waals surface area contributed by atoms with Crippen molar-refractivity contribution in [1.29, 1.82) is 0 Å². The number of nitrogens with zero attached hydrogens (tertiary/aromatic N) is 1. The smallest absolute Gasteiger partial charge is 0.433 e. The van der Waals surface area contributed by atoms with Gasteiger partial charge in [0.1, 0.15) is 10.7 Å². The Morgan fingerprint density at radius 3 is 2.87 bits per heavy atom. The quantitative estimate of drug-likeness (QED) is 0.359. The monoisotopic (exact) mass is 336 g/mol. The van der Waals surface area contributed by atoms with Crippen LogP contribution in [0.15, 0.2) is 40.1 Å². The first kappa shape index (κ1) is 16.4. The van der Waals surface area contributed by atoms with Gasteiger partial charge >= 0.3 is 11.9 Å². The second-order valence-corrected chi connectivity index (χ2v) is 5.26. The first-order chi connectivity index (χ1) is 11.0. The number of ether oxygens (including phenoxy) is 1. The molecule has 0 aliphatic rings. The van der Waals surface area contributed by atoms with E-state index in [1.807, 2.05) is 17.5 Å². The zero-order chi connectivity index (χ0) is 16.7.